The van der Waals surface area contributed by atoms with Crippen molar-refractivity contribution in [2.75, 3.05) is 0 Å². The van der Waals surface area contributed by atoms with Gasteiger partial charge in [-0.05, 0) is 35.9 Å². The van der Waals surface area contributed by atoms with Gasteiger partial charge in [-0.1, -0.05) is 41.9 Å². The zero-order valence-corrected chi connectivity index (χ0v) is 11.7. The van der Waals surface area contributed by atoms with Crippen LogP contribution in [0.4, 0.5) is 0 Å². The number of allylic oxidation sites excluding steroid dienone is 1. The highest BCUT2D eigenvalue weighted by Gasteiger charge is 2.21. The minimum atomic E-state index is -0.272. The molecule has 1 aliphatic rings. The van der Waals surface area contributed by atoms with E-state index in [2.05, 4.69) is 18.2 Å². The fourth-order valence-corrected chi connectivity index (χ4v) is 2.38. The molecule has 2 atom stereocenters. The number of rotatable bonds is 3. The van der Waals surface area contributed by atoms with E-state index in [0.29, 0.717) is 10.9 Å². The van der Waals surface area contributed by atoms with E-state index in [1.54, 1.807) is 6.26 Å². The Hall–Kier alpha value is -1.93. The molecule has 0 bridgehead atoms. The van der Waals surface area contributed by atoms with Gasteiger partial charge in [-0.25, -0.2) is 0 Å². The van der Waals surface area contributed by atoms with Crippen LogP contribution in [0.3, 0.4) is 0 Å². The van der Waals surface area contributed by atoms with Gasteiger partial charge in [0.05, 0.1) is 6.26 Å². The minimum Gasteiger partial charge on any atom is -0.463 e. The van der Waals surface area contributed by atoms with E-state index >= 15 is 0 Å². The SMILES string of the molecule is Clc1ccc(O[C@@H]2C[C@@H](c3ccccc3)C=CO2)cc1. The van der Waals surface area contributed by atoms with Crippen molar-refractivity contribution >= 4 is 11.6 Å². The van der Waals surface area contributed by atoms with Gasteiger partial charge in [0.2, 0.25) is 6.29 Å². The molecule has 0 spiro atoms. The molecule has 2 aromatic carbocycles. The van der Waals surface area contributed by atoms with Crippen LogP contribution < -0.4 is 4.74 Å². The van der Waals surface area contributed by atoms with E-state index in [4.69, 9.17) is 21.1 Å². The minimum absolute atomic E-state index is 0.272. The molecule has 20 heavy (non-hydrogen) atoms. The van der Waals surface area contributed by atoms with Gasteiger partial charge in [0, 0.05) is 17.4 Å². The van der Waals surface area contributed by atoms with Gasteiger partial charge >= 0.3 is 0 Å². The van der Waals surface area contributed by atoms with Gasteiger partial charge in [-0.3, -0.25) is 0 Å². The van der Waals surface area contributed by atoms with Crippen LogP contribution >= 0.6 is 11.6 Å². The molecule has 1 aliphatic heterocycles. The molecule has 2 aromatic rings. The highest BCUT2D eigenvalue weighted by Crippen LogP contribution is 2.29. The second-order valence-corrected chi connectivity index (χ2v) is 5.16. The first-order valence-corrected chi connectivity index (χ1v) is 6.98. The maximum absolute atomic E-state index is 5.86. The summed E-state index contributed by atoms with van der Waals surface area (Å²) in [6, 6.07) is 17.7. The van der Waals surface area contributed by atoms with Crippen LogP contribution in [0.25, 0.3) is 0 Å². The van der Waals surface area contributed by atoms with Crippen molar-refractivity contribution in [3.05, 3.63) is 77.5 Å². The highest BCUT2D eigenvalue weighted by molar-refractivity contribution is 6.30. The topological polar surface area (TPSA) is 18.5 Å². The molecular weight excluding hydrogens is 272 g/mol. The van der Waals surface area contributed by atoms with E-state index in [9.17, 15) is 0 Å². The molecule has 0 aliphatic carbocycles. The average Bonchev–Trinajstić information content (AvgIpc) is 2.51. The Labute approximate surface area is 123 Å². The molecule has 0 fully saturated rings. The first-order valence-electron chi connectivity index (χ1n) is 6.60. The van der Waals surface area contributed by atoms with Crippen molar-refractivity contribution in [1.29, 1.82) is 0 Å². The number of benzene rings is 2. The van der Waals surface area contributed by atoms with Crippen molar-refractivity contribution in [2.45, 2.75) is 18.6 Å². The number of ether oxygens (including phenoxy) is 2. The van der Waals surface area contributed by atoms with Crippen LogP contribution in [0.5, 0.6) is 5.75 Å². The Balaban J connectivity index is 1.68. The fourth-order valence-electron chi connectivity index (χ4n) is 2.26. The smallest absolute Gasteiger partial charge is 0.241 e. The summed E-state index contributed by atoms with van der Waals surface area (Å²) in [6.07, 6.45) is 4.31. The van der Waals surface area contributed by atoms with Gasteiger partial charge in [0.15, 0.2) is 0 Å². The Morgan fingerprint density at radius 1 is 1.00 bits per heavy atom. The molecule has 0 unspecified atom stereocenters. The Kier molecular flexibility index (Phi) is 3.93. The Morgan fingerprint density at radius 3 is 2.50 bits per heavy atom. The van der Waals surface area contributed by atoms with E-state index < -0.39 is 0 Å². The lowest BCUT2D eigenvalue weighted by Crippen LogP contribution is -2.23. The molecule has 0 aromatic heterocycles. The lowest BCUT2D eigenvalue weighted by Gasteiger charge is -2.26. The first-order chi connectivity index (χ1) is 9.81. The van der Waals surface area contributed by atoms with Gasteiger partial charge in [0.1, 0.15) is 5.75 Å². The van der Waals surface area contributed by atoms with Crippen molar-refractivity contribution in [1.82, 2.24) is 0 Å². The normalized spacial score (nSPS) is 21.2. The molecule has 102 valence electrons. The summed E-state index contributed by atoms with van der Waals surface area (Å²) >= 11 is 5.86. The van der Waals surface area contributed by atoms with Crippen LogP contribution in [-0.4, -0.2) is 6.29 Å². The second-order valence-electron chi connectivity index (χ2n) is 4.72. The monoisotopic (exact) mass is 286 g/mol. The predicted octanol–water partition coefficient (Wildman–Crippen LogP) is 4.76. The quantitative estimate of drug-likeness (QED) is 0.810. The first kappa shape index (κ1) is 13.1. The van der Waals surface area contributed by atoms with Gasteiger partial charge in [-0.2, -0.15) is 0 Å². The van der Waals surface area contributed by atoms with E-state index in [-0.39, 0.29) is 6.29 Å². The summed E-state index contributed by atoms with van der Waals surface area (Å²) in [5.41, 5.74) is 1.27. The molecule has 0 radical (unpaired) electrons. The molecule has 3 rings (SSSR count). The van der Waals surface area contributed by atoms with Gasteiger partial charge < -0.3 is 9.47 Å². The highest BCUT2D eigenvalue weighted by atomic mass is 35.5. The number of halogens is 1. The van der Waals surface area contributed by atoms with Crippen LogP contribution in [-0.2, 0) is 4.74 Å². The maximum atomic E-state index is 5.86. The maximum Gasteiger partial charge on any atom is 0.241 e. The van der Waals surface area contributed by atoms with Crippen molar-refractivity contribution in [3.8, 4) is 5.75 Å². The summed E-state index contributed by atoms with van der Waals surface area (Å²) in [5.74, 6) is 1.09. The zero-order chi connectivity index (χ0) is 13.8. The predicted molar refractivity (Wildman–Crippen MR) is 79.9 cm³/mol. The molecule has 2 nitrogen and oxygen atoms in total. The molecule has 3 heteroatoms. The summed E-state index contributed by atoms with van der Waals surface area (Å²) in [4.78, 5) is 0. The van der Waals surface area contributed by atoms with E-state index in [0.717, 1.165) is 12.2 Å². The van der Waals surface area contributed by atoms with Crippen LogP contribution in [0.1, 0.15) is 17.9 Å². The van der Waals surface area contributed by atoms with E-state index in [1.165, 1.54) is 5.56 Å². The average molecular weight is 287 g/mol. The fraction of sp³-hybridized carbons (Fsp3) is 0.176. The summed E-state index contributed by atoms with van der Waals surface area (Å²) in [7, 11) is 0. The summed E-state index contributed by atoms with van der Waals surface area (Å²) in [6.45, 7) is 0. The van der Waals surface area contributed by atoms with Crippen LogP contribution in [0.15, 0.2) is 66.9 Å². The van der Waals surface area contributed by atoms with Crippen molar-refractivity contribution in [2.24, 2.45) is 0 Å². The molecule has 0 amide bonds. The molecule has 1 heterocycles. The standard InChI is InChI=1S/C17H15ClO2/c18-15-6-8-16(9-7-15)20-17-12-14(10-11-19-17)13-4-2-1-3-5-13/h1-11,14,17H,12H2/t14-,17+/m0/s1. The second kappa shape index (κ2) is 6.02. The third kappa shape index (κ3) is 3.14. The summed E-state index contributed by atoms with van der Waals surface area (Å²) in [5, 5.41) is 0.698. The zero-order valence-electron chi connectivity index (χ0n) is 10.9. The molecular formula is C17H15ClO2. The lowest BCUT2D eigenvalue weighted by molar-refractivity contribution is -0.0455. The van der Waals surface area contributed by atoms with E-state index in [1.807, 2.05) is 42.5 Å². The van der Waals surface area contributed by atoms with Crippen LogP contribution in [0.2, 0.25) is 5.02 Å². The van der Waals surface area contributed by atoms with Gasteiger partial charge in [0.25, 0.3) is 0 Å². The third-order valence-corrected chi connectivity index (χ3v) is 3.55. The van der Waals surface area contributed by atoms with Gasteiger partial charge in [-0.15, -0.1) is 0 Å². The number of hydrogen-bond acceptors (Lipinski definition) is 2. The molecule has 0 saturated heterocycles. The summed E-state index contributed by atoms with van der Waals surface area (Å²) < 4.78 is 11.4. The Morgan fingerprint density at radius 2 is 1.75 bits per heavy atom. The van der Waals surface area contributed by atoms with Crippen molar-refractivity contribution < 1.29 is 9.47 Å². The lowest BCUT2D eigenvalue weighted by atomic mass is 9.94. The number of hydrogen-bond donors (Lipinski definition) is 0. The third-order valence-electron chi connectivity index (χ3n) is 3.30. The van der Waals surface area contributed by atoms with Crippen LogP contribution in [0, 0.1) is 0 Å². The molecule has 0 saturated carbocycles. The Bertz CT molecular complexity index is 578. The largest absolute Gasteiger partial charge is 0.463 e. The molecule has 0 N–H and O–H groups in total. The van der Waals surface area contributed by atoms with Crippen molar-refractivity contribution in [3.63, 3.8) is 0 Å².